The monoisotopic (exact) mass is 105 g/mol. The van der Waals surface area contributed by atoms with E-state index in [1.807, 2.05) is 0 Å². The van der Waals surface area contributed by atoms with Gasteiger partial charge in [-0.25, -0.2) is 0 Å². The van der Waals surface area contributed by atoms with E-state index in [0.29, 0.717) is 13.0 Å². The highest BCUT2D eigenvalue weighted by molar-refractivity contribution is 4.25. The molecule has 0 rings (SSSR count). The van der Waals surface area contributed by atoms with Crippen LogP contribution in [0.15, 0.2) is 0 Å². The van der Waals surface area contributed by atoms with E-state index < -0.39 is 0 Å². The summed E-state index contributed by atoms with van der Waals surface area (Å²) in [6.07, 6.45) is 0.606. The van der Waals surface area contributed by atoms with Crippen LogP contribution in [0, 0.1) is 5.21 Å². The van der Waals surface area contributed by atoms with Gasteiger partial charge in [-0.15, -0.1) is 0 Å². The Bertz CT molecular complexity index is 38.7. The lowest BCUT2D eigenvalue weighted by atomic mass is 10.5. The normalized spacial score (nSPS) is 14.1. The Kier molecular flexibility index (Phi) is 3.98. The van der Waals surface area contributed by atoms with Crippen LogP contribution < -0.4 is 5.06 Å². The molecule has 1 atom stereocenters. The van der Waals surface area contributed by atoms with Gasteiger partial charge >= 0.3 is 0 Å². The van der Waals surface area contributed by atoms with E-state index in [9.17, 15) is 5.21 Å². The second-order valence-corrected chi connectivity index (χ2v) is 1.53. The van der Waals surface area contributed by atoms with Crippen LogP contribution in [0.2, 0.25) is 0 Å². The summed E-state index contributed by atoms with van der Waals surface area (Å²) in [4.78, 5) is 0. The molecule has 0 aromatic rings. The first-order valence-corrected chi connectivity index (χ1v) is 2.37. The van der Waals surface area contributed by atoms with Gasteiger partial charge < -0.3 is 15.4 Å². The fourth-order valence-corrected chi connectivity index (χ4v) is 0.328. The molecule has 3 heteroatoms. The number of hydroxylamine groups is 2. The van der Waals surface area contributed by atoms with Crippen molar-refractivity contribution in [2.45, 2.75) is 6.42 Å². The highest BCUT2D eigenvalue weighted by Gasteiger charge is 1.83. The summed E-state index contributed by atoms with van der Waals surface area (Å²) in [5.41, 5.74) is 0. The van der Waals surface area contributed by atoms with Gasteiger partial charge in [0.1, 0.15) is 0 Å². The highest BCUT2D eigenvalue weighted by atomic mass is 16.5. The van der Waals surface area contributed by atoms with Crippen molar-refractivity contribution in [3.8, 4) is 0 Å². The average Bonchev–Trinajstić information content (AvgIpc) is 1.61. The summed E-state index contributed by atoms with van der Waals surface area (Å²) in [7, 11) is 1.52. The molecule has 0 aliphatic rings. The fraction of sp³-hybridized carbons (Fsp3) is 1.00. The minimum Gasteiger partial charge on any atom is -0.634 e. The molecule has 0 aromatic carbocycles. The van der Waals surface area contributed by atoms with Crippen LogP contribution in [0.5, 0.6) is 0 Å². The van der Waals surface area contributed by atoms with E-state index >= 15 is 0 Å². The zero-order valence-corrected chi connectivity index (χ0v) is 4.48. The van der Waals surface area contributed by atoms with E-state index in [2.05, 4.69) is 0 Å². The van der Waals surface area contributed by atoms with Crippen molar-refractivity contribution in [1.29, 1.82) is 0 Å². The molecular weight excluding hydrogens is 94.0 g/mol. The quantitative estimate of drug-likeness (QED) is 0.424. The van der Waals surface area contributed by atoms with Crippen LogP contribution in [0.4, 0.5) is 0 Å². The molecule has 1 unspecified atom stereocenters. The summed E-state index contributed by atoms with van der Waals surface area (Å²) < 4.78 is 0. The van der Waals surface area contributed by atoms with E-state index in [1.165, 1.54) is 7.05 Å². The molecule has 44 valence electrons. The van der Waals surface area contributed by atoms with Gasteiger partial charge in [-0.05, 0) is 0 Å². The number of hydrogen-bond acceptors (Lipinski definition) is 2. The number of aliphatic hydroxyl groups is 1. The molecule has 0 amide bonds. The van der Waals surface area contributed by atoms with Crippen LogP contribution in [0.25, 0.3) is 0 Å². The van der Waals surface area contributed by atoms with Crippen molar-refractivity contribution in [3.05, 3.63) is 5.21 Å². The van der Waals surface area contributed by atoms with Crippen molar-refractivity contribution >= 4 is 0 Å². The van der Waals surface area contributed by atoms with E-state index in [4.69, 9.17) is 5.11 Å². The third-order valence-electron chi connectivity index (χ3n) is 0.687. The third-order valence-corrected chi connectivity index (χ3v) is 0.687. The molecule has 0 spiro atoms. The summed E-state index contributed by atoms with van der Waals surface area (Å²) in [5, 5.41) is 18.4. The number of hydrogen-bond donors (Lipinski definition) is 2. The maximum Gasteiger partial charge on any atom is 0.0788 e. The van der Waals surface area contributed by atoms with E-state index in [1.54, 1.807) is 0 Å². The summed E-state index contributed by atoms with van der Waals surface area (Å²) in [5.74, 6) is 0. The zero-order chi connectivity index (χ0) is 5.70. The van der Waals surface area contributed by atoms with Crippen LogP contribution in [0.1, 0.15) is 6.42 Å². The SMILES string of the molecule is C[NH+]([O-])CCCO. The van der Waals surface area contributed by atoms with E-state index in [0.717, 1.165) is 0 Å². The van der Waals surface area contributed by atoms with Crippen LogP contribution in [-0.4, -0.2) is 25.3 Å². The van der Waals surface area contributed by atoms with Crippen LogP contribution in [0.3, 0.4) is 0 Å². The zero-order valence-electron chi connectivity index (χ0n) is 4.48. The smallest absolute Gasteiger partial charge is 0.0788 e. The lowest BCUT2D eigenvalue weighted by molar-refractivity contribution is -0.826. The van der Waals surface area contributed by atoms with Gasteiger partial charge in [-0.3, -0.25) is 0 Å². The van der Waals surface area contributed by atoms with Gasteiger partial charge in [0, 0.05) is 13.0 Å². The summed E-state index contributed by atoms with van der Waals surface area (Å²) in [6.45, 7) is 0.635. The van der Waals surface area contributed by atoms with Crippen LogP contribution >= 0.6 is 0 Å². The predicted molar refractivity (Wildman–Crippen MR) is 26.8 cm³/mol. The fourth-order valence-electron chi connectivity index (χ4n) is 0.328. The van der Waals surface area contributed by atoms with E-state index in [-0.39, 0.29) is 11.7 Å². The van der Waals surface area contributed by atoms with Gasteiger partial charge in [0.15, 0.2) is 0 Å². The Labute approximate surface area is 43.1 Å². The Morgan fingerprint density at radius 1 is 1.71 bits per heavy atom. The second kappa shape index (κ2) is 4.05. The standard InChI is InChI=1S/C4H11NO2/c1-5(7)3-2-4-6/h5-6H,2-4H2,1H3. The molecule has 0 saturated heterocycles. The number of nitrogens with one attached hydrogen (secondary N) is 1. The van der Waals surface area contributed by atoms with Gasteiger partial charge in [0.05, 0.1) is 13.6 Å². The maximum atomic E-state index is 10.1. The van der Waals surface area contributed by atoms with Crippen molar-refractivity contribution < 1.29 is 10.2 Å². The van der Waals surface area contributed by atoms with Gasteiger partial charge in [0.2, 0.25) is 0 Å². The lowest BCUT2D eigenvalue weighted by Crippen LogP contribution is -3.03. The number of rotatable bonds is 3. The largest absolute Gasteiger partial charge is 0.634 e. The van der Waals surface area contributed by atoms with Gasteiger partial charge in [-0.2, -0.15) is 0 Å². The Balaban J connectivity index is 2.68. The minimum atomic E-state index is 0.125. The summed E-state index contributed by atoms with van der Waals surface area (Å²) in [6, 6.07) is 0. The molecule has 2 N–H and O–H groups in total. The molecule has 0 aliphatic heterocycles. The molecule has 0 aliphatic carbocycles. The number of quaternary nitrogens is 1. The molecule has 3 nitrogen and oxygen atoms in total. The van der Waals surface area contributed by atoms with Crippen molar-refractivity contribution in [2.24, 2.45) is 0 Å². The minimum absolute atomic E-state index is 0.125. The molecular formula is C4H11NO2. The molecule has 0 saturated carbocycles. The topological polar surface area (TPSA) is 47.7 Å². The van der Waals surface area contributed by atoms with Gasteiger partial charge in [0.25, 0.3) is 0 Å². The Morgan fingerprint density at radius 2 is 2.29 bits per heavy atom. The van der Waals surface area contributed by atoms with Crippen LogP contribution in [-0.2, 0) is 0 Å². The lowest BCUT2D eigenvalue weighted by Gasteiger charge is -2.13. The number of aliphatic hydroxyl groups excluding tert-OH is 1. The predicted octanol–water partition coefficient (Wildman–Crippen LogP) is -1.62. The third kappa shape index (κ3) is 5.88. The first kappa shape index (κ1) is 6.88. The average molecular weight is 105 g/mol. The first-order chi connectivity index (χ1) is 3.27. The maximum absolute atomic E-state index is 10.1. The highest BCUT2D eigenvalue weighted by Crippen LogP contribution is 1.62. The molecule has 0 heterocycles. The molecule has 0 fully saturated rings. The first-order valence-electron chi connectivity index (χ1n) is 2.37. The van der Waals surface area contributed by atoms with Crippen molar-refractivity contribution in [2.75, 3.05) is 20.2 Å². The van der Waals surface area contributed by atoms with Crippen molar-refractivity contribution in [1.82, 2.24) is 0 Å². The summed E-state index contributed by atoms with van der Waals surface area (Å²) >= 11 is 0. The second-order valence-electron chi connectivity index (χ2n) is 1.53. The molecule has 0 bridgehead atoms. The van der Waals surface area contributed by atoms with Crippen molar-refractivity contribution in [3.63, 3.8) is 0 Å². The van der Waals surface area contributed by atoms with Gasteiger partial charge in [-0.1, -0.05) is 0 Å². The molecule has 7 heavy (non-hydrogen) atoms. The molecule has 0 radical (unpaired) electrons. The Morgan fingerprint density at radius 3 is 2.43 bits per heavy atom. The molecule has 0 aromatic heterocycles. The Hall–Kier alpha value is -0.120.